The fourth-order valence-corrected chi connectivity index (χ4v) is 2.42. The molecule has 0 aliphatic carbocycles. The van der Waals surface area contributed by atoms with Crippen molar-refractivity contribution in [2.45, 2.75) is 12.5 Å². The van der Waals surface area contributed by atoms with Gasteiger partial charge in [0.05, 0.1) is 17.2 Å². The van der Waals surface area contributed by atoms with Gasteiger partial charge in [0, 0.05) is 10.4 Å². The van der Waals surface area contributed by atoms with E-state index in [0.717, 1.165) is 5.69 Å². The number of nitrogens with one attached hydrogen (secondary N) is 1. The molecule has 0 radical (unpaired) electrons. The van der Waals surface area contributed by atoms with E-state index in [1.165, 1.54) is 17.4 Å². The van der Waals surface area contributed by atoms with Crippen molar-refractivity contribution in [2.75, 3.05) is 7.05 Å². The number of benzene rings is 1. The minimum atomic E-state index is -0.270. The van der Waals surface area contributed by atoms with Gasteiger partial charge >= 0.3 is 0 Å². The van der Waals surface area contributed by atoms with E-state index in [2.05, 4.69) is 10.3 Å². The van der Waals surface area contributed by atoms with Gasteiger partial charge in [0.1, 0.15) is 5.82 Å². The van der Waals surface area contributed by atoms with Crippen molar-refractivity contribution in [2.24, 2.45) is 0 Å². The van der Waals surface area contributed by atoms with E-state index in [0.29, 0.717) is 17.0 Å². The first-order valence-electron chi connectivity index (χ1n) is 5.20. The summed E-state index contributed by atoms with van der Waals surface area (Å²) in [4.78, 5) is 4.24. The molecule has 2 rings (SSSR count). The highest BCUT2D eigenvalue weighted by Crippen LogP contribution is 2.21. The van der Waals surface area contributed by atoms with Crippen molar-refractivity contribution in [3.63, 3.8) is 0 Å². The molecule has 1 atom stereocenters. The Morgan fingerprint density at radius 3 is 2.94 bits per heavy atom. The number of aromatic nitrogens is 1. The third kappa shape index (κ3) is 3.03. The van der Waals surface area contributed by atoms with E-state index in [1.807, 2.05) is 12.4 Å². The molecule has 1 N–H and O–H groups in total. The Bertz CT molecular complexity index is 487. The summed E-state index contributed by atoms with van der Waals surface area (Å²) in [5.74, 6) is -0.270. The number of thiazole rings is 1. The van der Waals surface area contributed by atoms with Gasteiger partial charge < -0.3 is 5.32 Å². The number of likely N-dealkylation sites (N-methyl/N-ethyl adjacent to an activating group) is 1. The van der Waals surface area contributed by atoms with Gasteiger partial charge in [0.2, 0.25) is 0 Å². The van der Waals surface area contributed by atoms with Gasteiger partial charge in [-0.3, -0.25) is 0 Å². The molecule has 1 aromatic carbocycles. The first kappa shape index (κ1) is 12.5. The van der Waals surface area contributed by atoms with Crippen molar-refractivity contribution < 1.29 is 4.39 Å². The maximum atomic E-state index is 13.7. The van der Waals surface area contributed by atoms with Crippen LogP contribution in [0.4, 0.5) is 4.39 Å². The van der Waals surface area contributed by atoms with E-state index in [-0.39, 0.29) is 11.9 Å². The fraction of sp³-hybridized carbons (Fsp3) is 0.250. The van der Waals surface area contributed by atoms with Gasteiger partial charge in [-0.25, -0.2) is 9.37 Å². The maximum absolute atomic E-state index is 13.7. The summed E-state index contributed by atoms with van der Waals surface area (Å²) in [6.45, 7) is 0. The summed E-state index contributed by atoms with van der Waals surface area (Å²) in [5.41, 5.74) is 3.35. The van der Waals surface area contributed by atoms with Gasteiger partial charge in [-0.2, -0.15) is 0 Å². The molecule has 0 saturated heterocycles. The topological polar surface area (TPSA) is 24.9 Å². The normalized spacial score (nSPS) is 12.6. The van der Waals surface area contributed by atoms with Crippen LogP contribution in [0, 0.1) is 5.82 Å². The molecule has 0 aliphatic heterocycles. The molecule has 0 spiro atoms. The molecule has 0 fully saturated rings. The monoisotopic (exact) mass is 270 g/mol. The van der Waals surface area contributed by atoms with Crippen LogP contribution in [0.1, 0.15) is 17.3 Å². The van der Waals surface area contributed by atoms with Crippen molar-refractivity contribution >= 4 is 22.9 Å². The Balaban J connectivity index is 2.19. The Morgan fingerprint density at radius 1 is 1.53 bits per heavy atom. The van der Waals surface area contributed by atoms with Crippen LogP contribution in [-0.4, -0.2) is 12.0 Å². The molecule has 17 heavy (non-hydrogen) atoms. The smallest absolute Gasteiger partial charge is 0.127 e. The molecule has 2 nitrogen and oxygen atoms in total. The standard InChI is InChI=1S/C12H12ClFN2S/c1-15-11(12-6-17-7-16-12)4-8-2-3-9(13)5-10(8)14/h2-3,5-7,11,15H,4H2,1H3. The summed E-state index contributed by atoms with van der Waals surface area (Å²) >= 11 is 7.26. The lowest BCUT2D eigenvalue weighted by Gasteiger charge is -2.14. The minimum absolute atomic E-state index is 0.0249. The number of nitrogens with zero attached hydrogens (tertiary/aromatic N) is 1. The largest absolute Gasteiger partial charge is 0.311 e. The van der Waals surface area contributed by atoms with E-state index >= 15 is 0 Å². The second-order valence-electron chi connectivity index (χ2n) is 3.69. The molecule has 1 unspecified atom stereocenters. The van der Waals surface area contributed by atoms with E-state index in [9.17, 15) is 4.39 Å². The highest BCUT2D eigenvalue weighted by molar-refractivity contribution is 7.07. The lowest BCUT2D eigenvalue weighted by Crippen LogP contribution is -2.19. The molecule has 0 aliphatic rings. The predicted octanol–water partition coefficient (Wildman–Crippen LogP) is 3.44. The Kier molecular flexibility index (Phi) is 4.10. The highest BCUT2D eigenvalue weighted by atomic mass is 35.5. The molecule has 5 heteroatoms. The van der Waals surface area contributed by atoms with Crippen molar-refractivity contribution in [1.82, 2.24) is 10.3 Å². The van der Waals surface area contributed by atoms with Gasteiger partial charge in [-0.05, 0) is 31.2 Å². The molecule has 1 aromatic heterocycles. The van der Waals surface area contributed by atoms with Crippen LogP contribution in [0.5, 0.6) is 0 Å². The second kappa shape index (κ2) is 5.58. The van der Waals surface area contributed by atoms with E-state index in [1.54, 1.807) is 17.6 Å². The summed E-state index contributed by atoms with van der Waals surface area (Å²) in [7, 11) is 1.85. The Labute approximate surface area is 108 Å². The molecule has 90 valence electrons. The summed E-state index contributed by atoms with van der Waals surface area (Å²) in [5, 5.41) is 5.52. The minimum Gasteiger partial charge on any atom is -0.311 e. The van der Waals surface area contributed by atoms with Crippen LogP contribution in [0.3, 0.4) is 0 Å². The molecule has 0 saturated carbocycles. The van der Waals surface area contributed by atoms with Gasteiger partial charge in [0.15, 0.2) is 0 Å². The molecule has 0 bridgehead atoms. The van der Waals surface area contributed by atoms with Crippen LogP contribution in [-0.2, 0) is 6.42 Å². The van der Waals surface area contributed by atoms with Crippen molar-refractivity contribution in [1.29, 1.82) is 0 Å². The quantitative estimate of drug-likeness (QED) is 0.921. The lowest BCUT2D eigenvalue weighted by atomic mass is 10.0. The third-order valence-corrected chi connectivity index (χ3v) is 3.44. The summed E-state index contributed by atoms with van der Waals surface area (Å²) in [6, 6.07) is 4.78. The molecule has 1 heterocycles. The van der Waals surface area contributed by atoms with Crippen LogP contribution in [0.2, 0.25) is 5.02 Å². The number of hydrogen-bond donors (Lipinski definition) is 1. The summed E-state index contributed by atoms with van der Waals surface area (Å²) < 4.78 is 13.7. The number of hydrogen-bond acceptors (Lipinski definition) is 3. The zero-order chi connectivity index (χ0) is 12.3. The zero-order valence-electron chi connectivity index (χ0n) is 9.28. The van der Waals surface area contributed by atoms with Crippen molar-refractivity contribution in [3.05, 3.63) is 51.2 Å². The van der Waals surface area contributed by atoms with Crippen LogP contribution in [0.15, 0.2) is 29.1 Å². The molecule has 2 aromatic rings. The van der Waals surface area contributed by atoms with Crippen LogP contribution >= 0.6 is 22.9 Å². The maximum Gasteiger partial charge on any atom is 0.127 e. The SMILES string of the molecule is CNC(Cc1ccc(Cl)cc1F)c1cscn1. The van der Waals surface area contributed by atoms with Gasteiger partial charge in [-0.15, -0.1) is 11.3 Å². The second-order valence-corrected chi connectivity index (χ2v) is 4.85. The van der Waals surface area contributed by atoms with Gasteiger partial charge in [-0.1, -0.05) is 17.7 Å². The molecule has 0 amide bonds. The average Bonchev–Trinajstić information content (AvgIpc) is 2.81. The zero-order valence-corrected chi connectivity index (χ0v) is 10.9. The molecular formula is C12H12ClFN2S. The molecular weight excluding hydrogens is 259 g/mol. The first-order chi connectivity index (χ1) is 8.20. The summed E-state index contributed by atoms with van der Waals surface area (Å²) in [6.07, 6.45) is 0.559. The number of halogens is 2. The Hall–Kier alpha value is -0.970. The number of rotatable bonds is 4. The van der Waals surface area contributed by atoms with Crippen molar-refractivity contribution in [3.8, 4) is 0 Å². The van der Waals surface area contributed by atoms with Crippen LogP contribution < -0.4 is 5.32 Å². The lowest BCUT2D eigenvalue weighted by molar-refractivity contribution is 0.547. The first-order valence-corrected chi connectivity index (χ1v) is 6.52. The van der Waals surface area contributed by atoms with Gasteiger partial charge in [0.25, 0.3) is 0 Å². The fourth-order valence-electron chi connectivity index (χ4n) is 1.66. The average molecular weight is 271 g/mol. The predicted molar refractivity (Wildman–Crippen MR) is 69.0 cm³/mol. The Morgan fingerprint density at radius 2 is 2.35 bits per heavy atom. The highest BCUT2D eigenvalue weighted by Gasteiger charge is 2.14. The van der Waals surface area contributed by atoms with E-state index in [4.69, 9.17) is 11.6 Å². The third-order valence-electron chi connectivity index (χ3n) is 2.60. The van der Waals surface area contributed by atoms with E-state index < -0.39 is 0 Å². The van der Waals surface area contributed by atoms with Crippen LogP contribution in [0.25, 0.3) is 0 Å².